The molecule has 0 aliphatic heterocycles. The normalized spacial score (nSPS) is 11.1. The van der Waals surface area contributed by atoms with E-state index in [1.165, 1.54) is 11.3 Å². The topological polar surface area (TPSA) is 24.5 Å². The monoisotopic (exact) mass is 328 g/mol. The maximum Gasteiger partial charge on any atom is 0.0641 e. The molecule has 0 unspecified atom stereocenters. The van der Waals surface area contributed by atoms with Crippen molar-refractivity contribution in [2.24, 2.45) is 0 Å². The lowest BCUT2D eigenvalue weighted by Gasteiger charge is -2.23. The summed E-state index contributed by atoms with van der Waals surface area (Å²) in [4.78, 5) is 2.25. The first-order valence-corrected chi connectivity index (χ1v) is 7.64. The quantitative estimate of drug-likeness (QED) is 0.740. The summed E-state index contributed by atoms with van der Waals surface area (Å²) in [5.74, 6) is 0. The minimum atomic E-state index is 0.491. The number of hydrogen-bond acceptors (Lipinski definition) is 3. The fraction of sp³-hybridized carbons (Fsp3) is 0.600. The van der Waals surface area contributed by atoms with Crippen LogP contribution in [0.3, 0.4) is 0 Å². The van der Waals surface area contributed by atoms with E-state index in [4.69, 9.17) is 4.74 Å². The van der Waals surface area contributed by atoms with E-state index >= 15 is 0 Å². The third-order valence-electron chi connectivity index (χ3n) is 2.93. The van der Waals surface area contributed by atoms with Gasteiger partial charge in [0.05, 0.1) is 6.61 Å². The zero-order valence-electron chi connectivity index (χ0n) is 12.4. The van der Waals surface area contributed by atoms with Crippen molar-refractivity contribution in [3.05, 3.63) is 28.2 Å². The summed E-state index contributed by atoms with van der Waals surface area (Å²) in [6.07, 6.45) is 0. The average Bonchev–Trinajstić information content (AvgIpc) is 2.37. The van der Waals surface area contributed by atoms with Crippen LogP contribution in [0.1, 0.15) is 26.3 Å². The number of benzene rings is 1. The van der Waals surface area contributed by atoms with Gasteiger partial charge in [0.25, 0.3) is 0 Å². The average molecular weight is 329 g/mol. The summed E-state index contributed by atoms with van der Waals surface area (Å²) in [7, 11) is 2.11. The number of rotatable bonds is 8. The number of nitrogens with zero attached hydrogens (tertiary/aromatic N) is 1. The summed E-state index contributed by atoms with van der Waals surface area (Å²) >= 11 is 3.55. The Labute approximate surface area is 125 Å². The first-order chi connectivity index (χ1) is 9.04. The van der Waals surface area contributed by atoms with E-state index in [1.807, 2.05) is 6.92 Å². The van der Waals surface area contributed by atoms with E-state index in [0.717, 1.165) is 30.8 Å². The van der Waals surface area contributed by atoms with Gasteiger partial charge in [-0.1, -0.05) is 35.8 Å². The molecule has 19 heavy (non-hydrogen) atoms. The van der Waals surface area contributed by atoms with Crippen molar-refractivity contribution in [2.45, 2.75) is 33.4 Å². The maximum absolute atomic E-state index is 5.42. The summed E-state index contributed by atoms with van der Waals surface area (Å²) in [5.41, 5.74) is 2.57. The highest BCUT2D eigenvalue weighted by Crippen LogP contribution is 2.24. The number of halogens is 1. The highest BCUT2D eigenvalue weighted by Gasteiger charge is 2.08. The smallest absolute Gasteiger partial charge is 0.0641 e. The number of hydrogen-bond donors (Lipinski definition) is 1. The van der Waals surface area contributed by atoms with Gasteiger partial charge in [0.15, 0.2) is 0 Å². The number of ether oxygens (including phenoxy) is 1. The molecular weight excluding hydrogens is 304 g/mol. The van der Waals surface area contributed by atoms with Crippen LogP contribution in [-0.4, -0.2) is 32.8 Å². The number of likely N-dealkylation sites (N-methyl/N-ethyl adjacent to an activating group) is 1. The minimum Gasteiger partial charge on any atom is -0.380 e. The predicted molar refractivity (Wildman–Crippen MR) is 85.9 cm³/mol. The fourth-order valence-corrected chi connectivity index (χ4v) is 2.17. The molecule has 1 aromatic rings. The van der Waals surface area contributed by atoms with Crippen LogP contribution in [0.2, 0.25) is 0 Å². The van der Waals surface area contributed by atoms with E-state index < -0.39 is 0 Å². The molecule has 0 fully saturated rings. The Balaban J connectivity index is 2.74. The molecule has 1 N–H and O–H groups in total. The molecular formula is C15H25BrN2O. The van der Waals surface area contributed by atoms with E-state index in [9.17, 15) is 0 Å². The molecule has 0 spiro atoms. The second kappa shape index (κ2) is 8.56. The highest BCUT2D eigenvalue weighted by atomic mass is 79.9. The van der Waals surface area contributed by atoms with Crippen LogP contribution >= 0.6 is 15.9 Å². The van der Waals surface area contributed by atoms with E-state index in [0.29, 0.717) is 6.04 Å². The summed E-state index contributed by atoms with van der Waals surface area (Å²) in [6, 6.07) is 6.93. The van der Waals surface area contributed by atoms with Crippen LogP contribution in [-0.2, 0) is 11.3 Å². The van der Waals surface area contributed by atoms with Gasteiger partial charge in [-0.25, -0.2) is 0 Å². The SMILES string of the molecule is CCOCCN(C)c1cc(Br)ccc1CNC(C)C. The molecule has 3 nitrogen and oxygen atoms in total. The minimum absolute atomic E-state index is 0.491. The van der Waals surface area contributed by atoms with Gasteiger partial charge in [0.2, 0.25) is 0 Å². The standard InChI is InChI=1S/C15H25BrN2O/c1-5-19-9-8-18(4)15-10-14(16)7-6-13(15)11-17-12(2)3/h6-7,10,12,17H,5,8-9,11H2,1-4H3. The molecule has 4 heteroatoms. The van der Waals surface area contributed by atoms with Gasteiger partial charge in [-0.05, 0) is 24.6 Å². The molecule has 108 valence electrons. The molecule has 0 aliphatic carbocycles. The Hall–Kier alpha value is -0.580. The predicted octanol–water partition coefficient (Wildman–Crippen LogP) is 3.42. The summed E-state index contributed by atoms with van der Waals surface area (Å²) in [5, 5.41) is 3.47. The largest absolute Gasteiger partial charge is 0.380 e. The molecule has 0 aliphatic rings. The van der Waals surface area contributed by atoms with Crippen LogP contribution < -0.4 is 10.2 Å². The zero-order chi connectivity index (χ0) is 14.3. The van der Waals surface area contributed by atoms with Crippen LogP contribution in [0.15, 0.2) is 22.7 Å². The molecule has 0 radical (unpaired) electrons. The Kier molecular flexibility index (Phi) is 7.42. The maximum atomic E-state index is 5.42. The molecule has 0 atom stereocenters. The van der Waals surface area contributed by atoms with Crippen molar-refractivity contribution in [2.75, 3.05) is 31.7 Å². The van der Waals surface area contributed by atoms with Gasteiger partial charge in [-0.2, -0.15) is 0 Å². The van der Waals surface area contributed by atoms with E-state index in [2.05, 4.69) is 65.2 Å². The van der Waals surface area contributed by atoms with Crippen LogP contribution in [0.25, 0.3) is 0 Å². The van der Waals surface area contributed by atoms with Crippen LogP contribution in [0.4, 0.5) is 5.69 Å². The Morgan fingerprint density at radius 3 is 2.74 bits per heavy atom. The first-order valence-electron chi connectivity index (χ1n) is 6.85. The molecule has 1 aromatic carbocycles. The Morgan fingerprint density at radius 1 is 1.37 bits per heavy atom. The second-order valence-electron chi connectivity index (χ2n) is 4.93. The van der Waals surface area contributed by atoms with Crippen molar-refractivity contribution >= 4 is 21.6 Å². The zero-order valence-corrected chi connectivity index (χ0v) is 14.0. The van der Waals surface area contributed by atoms with Crippen molar-refractivity contribution in [1.82, 2.24) is 5.32 Å². The van der Waals surface area contributed by atoms with Gasteiger partial charge < -0.3 is 15.0 Å². The lowest BCUT2D eigenvalue weighted by molar-refractivity contribution is 0.154. The lowest BCUT2D eigenvalue weighted by atomic mass is 10.1. The number of nitrogens with one attached hydrogen (secondary N) is 1. The van der Waals surface area contributed by atoms with E-state index in [-0.39, 0.29) is 0 Å². The molecule has 0 aromatic heterocycles. The molecule has 0 heterocycles. The van der Waals surface area contributed by atoms with Gasteiger partial charge in [-0.15, -0.1) is 0 Å². The molecule has 0 saturated heterocycles. The van der Waals surface area contributed by atoms with Crippen LogP contribution in [0, 0.1) is 0 Å². The third kappa shape index (κ3) is 5.93. The molecule has 1 rings (SSSR count). The van der Waals surface area contributed by atoms with Gasteiger partial charge in [-0.3, -0.25) is 0 Å². The fourth-order valence-electron chi connectivity index (χ4n) is 1.82. The highest BCUT2D eigenvalue weighted by molar-refractivity contribution is 9.10. The summed E-state index contributed by atoms with van der Waals surface area (Å²) < 4.78 is 6.54. The van der Waals surface area contributed by atoms with Gasteiger partial charge in [0, 0.05) is 42.9 Å². The van der Waals surface area contributed by atoms with Gasteiger partial charge >= 0.3 is 0 Å². The van der Waals surface area contributed by atoms with Crippen molar-refractivity contribution in [3.8, 4) is 0 Å². The Bertz CT molecular complexity index is 382. The van der Waals surface area contributed by atoms with Gasteiger partial charge in [0.1, 0.15) is 0 Å². The molecule has 0 bridgehead atoms. The van der Waals surface area contributed by atoms with Crippen molar-refractivity contribution < 1.29 is 4.74 Å². The Morgan fingerprint density at radius 2 is 2.11 bits per heavy atom. The van der Waals surface area contributed by atoms with Crippen LogP contribution in [0.5, 0.6) is 0 Å². The van der Waals surface area contributed by atoms with Crippen molar-refractivity contribution in [3.63, 3.8) is 0 Å². The molecule has 0 saturated carbocycles. The summed E-state index contributed by atoms with van der Waals surface area (Å²) in [6.45, 7) is 9.68. The first kappa shape index (κ1) is 16.5. The second-order valence-corrected chi connectivity index (χ2v) is 5.84. The lowest BCUT2D eigenvalue weighted by Crippen LogP contribution is -2.26. The number of anilines is 1. The van der Waals surface area contributed by atoms with E-state index in [1.54, 1.807) is 0 Å². The van der Waals surface area contributed by atoms with Crippen molar-refractivity contribution in [1.29, 1.82) is 0 Å². The molecule has 0 amide bonds. The third-order valence-corrected chi connectivity index (χ3v) is 3.43.